The molecule has 0 spiro atoms. The number of para-hydroxylation sites is 1. The highest BCUT2D eigenvalue weighted by Gasteiger charge is 2.34. The van der Waals surface area contributed by atoms with E-state index in [4.69, 9.17) is 0 Å². The molecule has 1 saturated heterocycles. The molecule has 1 aliphatic rings. The van der Waals surface area contributed by atoms with Gasteiger partial charge in [0.05, 0.1) is 17.6 Å². The molecule has 2 heterocycles. The molecule has 2 aromatic rings. The summed E-state index contributed by atoms with van der Waals surface area (Å²) in [6.07, 6.45) is 1.52. The van der Waals surface area contributed by atoms with Gasteiger partial charge in [-0.25, -0.2) is 4.79 Å². The number of hydrogen-bond donors (Lipinski definition) is 2. The quantitative estimate of drug-likeness (QED) is 0.905. The van der Waals surface area contributed by atoms with E-state index in [9.17, 15) is 14.7 Å². The zero-order valence-corrected chi connectivity index (χ0v) is 12.5. The third-order valence-electron chi connectivity index (χ3n) is 4.34. The van der Waals surface area contributed by atoms with Gasteiger partial charge in [0.15, 0.2) is 0 Å². The fraction of sp³-hybridized carbons (Fsp3) is 0.438. The first kappa shape index (κ1) is 14.6. The summed E-state index contributed by atoms with van der Waals surface area (Å²) in [4.78, 5) is 25.5. The van der Waals surface area contributed by atoms with Crippen LogP contribution >= 0.6 is 0 Å². The third-order valence-corrected chi connectivity index (χ3v) is 4.34. The molecule has 2 N–H and O–H groups in total. The highest BCUT2D eigenvalue weighted by Crippen LogP contribution is 2.24. The number of nitrogens with one attached hydrogen (secondary N) is 1. The van der Waals surface area contributed by atoms with Crippen LogP contribution in [-0.4, -0.2) is 44.7 Å². The van der Waals surface area contributed by atoms with E-state index < -0.39 is 12.0 Å². The Morgan fingerprint density at radius 3 is 2.95 bits per heavy atom. The number of aromatic nitrogens is 2. The van der Waals surface area contributed by atoms with Gasteiger partial charge < -0.3 is 10.0 Å². The van der Waals surface area contributed by atoms with Gasteiger partial charge in [0, 0.05) is 11.9 Å². The van der Waals surface area contributed by atoms with E-state index >= 15 is 0 Å². The zero-order chi connectivity index (χ0) is 15.7. The maximum absolute atomic E-state index is 12.5. The molecule has 1 aromatic carbocycles. The second-order valence-corrected chi connectivity index (χ2v) is 5.97. The Hall–Kier alpha value is -2.37. The molecule has 1 fully saturated rings. The minimum absolute atomic E-state index is 0.151. The van der Waals surface area contributed by atoms with Gasteiger partial charge in [-0.05, 0) is 24.8 Å². The molecular formula is C16H19N3O3. The maximum atomic E-state index is 12.5. The smallest absolute Gasteiger partial charge is 0.326 e. The summed E-state index contributed by atoms with van der Waals surface area (Å²) in [5, 5.41) is 17.3. The van der Waals surface area contributed by atoms with Crippen LogP contribution in [-0.2, 0) is 16.0 Å². The summed E-state index contributed by atoms with van der Waals surface area (Å²) >= 11 is 0. The van der Waals surface area contributed by atoms with Crippen molar-refractivity contribution in [2.24, 2.45) is 5.92 Å². The minimum atomic E-state index is -0.922. The van der Waals surface area contributed by atoms with Gasteiger partial charge in [-0.15, -0.1) is 0 Å². The van der Waals surface area contributed by atoms with Crippen molar-refractivity contribution in [2.45, 2.75) is 32.2 Å². The molecule has 0 saturated carbocycles. The van der Waals surface area contributed by atoms with Crippen LogP contribution in [0.25, 0.3) is 10.9 Å². The summed E-state index contributed by atoms with van der Waals surface area (Å²) in [5.74, 6) is -0.749. The average molecular weight is 301 g/mol. The van der Waals surface area contributed by atoms with E-state index in [-0.39, 0.29) is 12.3 Å². The number of carbonyl (C=O) groups excluding carboxylic acids is 1. The second kappa shape index (κ2) is 5.79. The fourth-order valence-electron chi connectivity index (χ4n) is 3.08. The van der Waals surface area contributed by atoms with Crippen molar-refractivity contribution in [3.8, 4) is 0 Å². The van der Waals surface area contributed by atoms with Gasteiger partial charge >= 0.3 is 5.97 Å². The van der Waals surface area contributed by atoms with Crippen LogP contribution in [0.15, 0.2) is 24.3 Å². The molecule has 0 bridgehead atoms. The van der Waals surface area contributed by atoms with Crippen molar-refractivity contribution in [3.63, 3.8) is 0 Å². The number of benzene rings is 1. The molecule has 1 amide bonds. The number of hydrogen-bond acceptors (Lipinski definition) is 3. The summed E-state index contributed by atoms with van der Waals surface area (Å²) in [5.41, 5.74) is 1.55. The van der Waals surface area contributed by atoms with Crippen LogP contribution in [0.2, 0.25) is 0 Å². The first-order valence-electron chi connectivity index (χ1n) is 7.50. The van der Waals surface area contributed by atoms with Crippen LogP contribution < -0.4 is 0 Å². The average Bonchev–Trinajstić information content (AvgIpc) is 2.90. The molecule has 1 aromatic heterocycles. The van der Waals surface area contributed by atoms with Crippen molar-refractivity contribution >= 4 is 22.8 Å². The number of fused-ring (bicyclic) bond motifs is 1. The number of nitrogens with zero attached hydrogens (tertiary/aromatic N) is 2. The van der Waals surface area contributed by atoms with Crippen LogP contribution in [0.3, 0.4) is 0 Å². The SMILES string of the molecule is CC1CCN(C(=O)Cc2[nH]nc3ccccc23)C(C(=O)O)C1. The monoisotopic (exact) mass is 301 g/mol. The van der Waals surface area contributed by atoms with Gasteiger partial charge in [-0.3, -0.25) is 9.89 Å². The van der Waals surface area contributed by atoms with Crippen LogP contribution in [0.4, 0.5) is 0 Å². The summed E-state index contributed by atoms with van der Waals surface area (Å²) in [7, 11) is 0. The van der Waals surface area contributed by atoms with E-state index in [0.717, 1.165) is 23.0 Å². The standard InChI is InChI=1S/C16H19N3O3/c1-10-6-7-19(14(8-10)16(21)22)15(20)9-13-11-4-2-3-5-12(11)17-18-13/h2-5,10,14H,6-9H2,1H3,(H,17,18)(H,21,22). The van der Waals surface area contributed by atoms with Gasteiger partial charge in [0.1, 0.15) is 6.04 Å². The Morgan fingerprint density at radius 1 is 1.41 bits per heavy atom. The number of piperidine rings is 1. The summed E-state index contributed by atoms with van der Waals surface area (Å²) in [6.45, 7) is 2.53. The van der Waals surface area contributed by atoms with Crippen molar-refractivity contribution in [1.29, 1.82) is 0 Å². The summed E-state index contributed by atoms with van der Waals surface area (Å²) in [6, 6.07) is 6.86. The van der Waals surface area contributed by atoms with E-state index in [0.29, 0.717) is 18.9 Å². The molecule has 1 aliphatic heterocycles. The Kier molecular flexibility index (Phi) is 3.83. The van der Waals surface area contributed by atoms with Crippen LogP contribution in [0, 0.1) is 5.92 Å². The lowest BCUT2D eigenvalue weighted by Gasteiger charge is -2.36. The lowest BCUT2D eigenvalue weighted by molar-refractivity contribution is -0.152. The van der Waals surface area contributed by atoms with Crippen molar-refractivity contribution < 1.29 is 14.7 Å². The molecule has 0 aliphatic carbocycles. The first-order valence-corrected chi connectivity index (χ1v) is 7.50. The van der Waals surface area contributed by atoms with Gasteiger partial charge in [-0.2, -0.15) is 5.10 Å². The lowest BCUT2D eigenvalue weighted by Crippen LogP contribution is -2.50. The topological polar surface area (TPSA) is 86.3 Å². The first-order chi connectivity index (χ1) is 10.6. The number of rotatable bonds is 3. The summed E-state index contributed by atoms with van der Waals surface area (Å²) < 4.78 is 0. The molecule has 6 heteroatoms. The Labute approximate surface area is 128 Å². The van der Waals surface area contributed by atoms with Crippen molar-refractivity contribution in [3.05, 3.63) is 30.0 Å². The molecule has 2 atom stereocenters. The number of H-pyrrole nitrogens is 1. The van der Waals surface area contributed by atoms with Crippen molar-refractivity contribution in [2.75, 3.05) is 6.54 Å². The number of carboxylic acid groups (broad SMARTS) is 1. The largest absolute Gasteiger partial charge is 0.480 e. The Morgan fingerprint density at radius 2 is 2.18 bits per heavy atom. The van der Waals surface area contributed by atoms with Crippen LogP contribution in [0.1, 0.15) is 25.5 Å². The number of aliphatic carboxylic acids is 1. The number of carboxylic acids is 1. The van der Waals surface area contributed by atoms with Crippen molar-refractivity contribution in [1.82, 2.24) is 15.1 Å². The molecule has 3 rings (SSSR count). The Balaban J connectivity index is 1.80. The molecule has 6 nitrogen and oxygen atoms in total. The van der Waals surface area contributed by atoms with E-state index in [1.54, 1.807) is 0 Å². The van der Waals surface area contributed by atoms with Gasteiger partial charge in [0.25, 0.3) is 0 Å². The number of amides is 1. The predicted octanol–water partition coefficient (Wildman–Crippen LogP) is 1.82. The molecule has 116 valence electrons. The normalized spacial score (nSPS) is 22.0. The lowest BCUT2D eigenvalue weighted by atomic mass is 9.92. The highest BCUT2D eigenvalue weighted by atomic mass is 16.4. The van der Waals surface area contributed by atoms with E-state index in [1.165, 1.54) is 4.90 Å². The molecular weight excluding hydrogens is 282 g/mol. The Bertz CT molecular complexity index is 709. The molecule has 0 radical (unpaired) electrons. The van der Waals surface area contributed by atoms with Crippen LogP contribution in [0.5, 0.6) is 0 Å². The van der Waals surface area contributed by atoms with E-state index in [2.05, 4.69) is 10.2 Å². The molecule has 2 unspecified atom stereocenters. The fourth-order valence-corrected chi connectivity index (χ4v) is 3.08. The van der Waals surface area contributed by atoms with Gasteiger partial charge in [0.2, 0.25) is 5.91 Å². The number of carbonyl (C=O) groups is 2. The zero-order valence-electron chi connectivity index (χ0n) is 12.5. The molecule has 22 heavy (non-hydrogen) atoms. The maximum Gasteiger partial charge on any atom is 0.326 e. The van der Waals surface area contributed by atoms with Gasteiger partial charge in [-0.1, -0.05) is 25.1 Å². The van der Waals surface area contributed by atoms with E-state index in [1.807, 2.05) is 31.2 Å². The number of aromatic amines is 1. The predicted molar refractivity (Wildman–Crippen MR) is 81.3 cm³/mol. The second-order valence-electron chi connectivity index (χ2n) is 5.97. The third kappa shape index (κ3) is 2.68. The number of likely N-dealkylation sites (tertiary alicyclic amines) is 1. The minimum Gasteiger partial charge on any atom is -0.480 e. The highest BCUT2D eigenvalue weighted by molar-refractivity contribution is 5.89.